The molecule has 0 aliphatic carbocycles. The van der Waals surface area contributed by atoms with Crippen molar-refractivity contribution in [2.75, 3.05) is 31.6 Å². The van der Waals surface area contributed by atoms with Gasteiger partial charge in [-0.15, -0.1) is 0 Å². The second kappa shape index (κ2) is 8.64. The Kier molecular flexibility index (Phi) is 6.40. The predicted octanol–water partition coefficient (Wildman–Crippen LogP) is 2.17. The molecule has 1 saturated heterocycles. The summed E-state index contributed by atoms with van der Waals surface area (Å²) < 4.78 is 34.3. The molecule has 1 aliphatic heterocycles. The number of anilines is 1. The average Bonchev–Trinajstić information content (AvgIpc) is 2.97. The zero-order chi connectivity index (χ0) is 21.2. The number of sulfonamides is 1. The summed E-state index contributed by atoms with van der Waals surface area (Å²) in [6.45, 7) is 9.11. The number of benzene rings is 1. The molecule has 2 aromatic rings. The van der Waals surface area contributed by atoms with Crippen molar-refractivity contribution in [3.05, 3.63) is 40.7 Å². The molecule has 158 valence electrons. The zero-order valence-corrected chi connectivity index (χ0v) is 18.2. The highest BCUT2D eigenvalue weighted by molar-refractivity contribution is 7.89. The van der Waals surface area contributed by atoms with Crippen LogP contribution in [-0.2, 0) is 26.1 Å². The van der Waals surface area contributed by atoms with Crippen LogP contribution in [0, 0.1) is 27.7 Å². The SMILES string of the molecule is Cc1ccc(C)c(NC(=O)CCn2nc(C)c(S(=O)(=O)N3CCOCC3)c2C)c1. The van der Waals surface area contributed by atoms with Crippen molar-refractivity contribution >= 4 is 21.6 Å². The number of rotatable bonds is 6. The van der Waals surface area contributed by atoms with Crippen molar-refractivity contribution in [1.29, 1.82) is 0 Å². The van der Waals surface area contributed by atoms with E-state index in [4.69, 9.17) is 4.74 Å². The Morgan fingerprint density at radius 1 is 1.17 bits per heavy atom. The zero-order valence-electron chi connectivity index (χ0n) is 17.4. The van der Waals surface area contributed by atoms with Crippen LogP contribution < -0.4 is 5.32 Å². The molecule has 1 fully saturated rings. The van der Waals surface area contributed by atoms with E-state index in [1.54, 1.807) is 18.5 Å². The third kappa shape index (κ3) is 4.68. The number of aryl methyl sites for hydroxylation is 4. The number of morpholine rings is 1. The van der Waals surface area contributed by atoms with Gasteiger partial charge in [0.1, 0.15) is 4.90 Å². The van der Waals surface area contributed by atoms with E-state index in [1.807, 2.05) is 32.0 Å². The van der Waals surface area contributed by atoms with Crippen molar-refractivity contribution in [3.63, 3.8) is 0 Å². The molecule has 0 spiro atoms. The van der Waals surface area contributed by atoms with Crippen molar-refractivity contribution in [2.24, 2.45) is 0 Å². The number of carbonyl (C=O) groups is 1. The largest absolute Gasteiger partial charge is 0.379 e. The van der Waals surface area contributed by atoms with E-state index in [0.29, 0.717) is 44.2 Å². The summed E-state index contributed by atoms with van der Waals surface area (Å²) in [6, 6.07) is 5.90. The number of amides is 1. The highest BCUT2D eigenvalue weighted by Gasteiger charge is 2.32. The molecular weight excluding hydrogens is 392 g/mol. The summed E-state index contributed by atoms with van der Waals surface area (Å²) in [6.07, 6.45) is 0.201. The van der Waals surface area contributed by atoms with Gasteiger partial charge in [0.05, 0.1) is 31.1 Å². The molecule has 0 atom stereocenters. The predicted molar refractivity (Wildman–Crippen MR) is 110 cm³/mol. The lowest BCUT2D eigenvalue weighted by Gasteiger charge is -2.26. The molecule has 3 rings (SSSR count). The summed E-state index contributed by atoms with van der Waals surface area (Å²) in [7, 11) is -3.63. The first-order valence-corrected chi connectivity index (χ1v) is 11.1. The molecule has 0 radical (unpaired) electrons. The van der Waals surface area contributed by atoms with E-state index in [2.05, 4.69) is 10.4 Å². The summed E-state index contributed by atoms with van der Waals surface area (Å²) in [5.41, 5.74) is 3.85. The van der Waals surface area contributed by atoms with Gasteiger partial charge >= 0.3 is 0 Å². The minimum absolute atomic E-state index is 0.135. The second-order valence-corrected chi connectivity index (χ2v) is 9.23. The Morgan fingerprint density at radius 2 is 1.86 bits per heavy atom. The first-order valence-electron chi connectivity index (χ1n) is 9.69. The topological polar surface area (TPSA) is 93.5 Å². The van der Waals surface area contributed by atoms with Crippen molar-refractivity contribution < 1.29 is 17.9 Å². The molecule has 1 aromatic heterocycles. The maximum atomic E-state index is 13.0. The molecule has 2 heterocycles. The van der Waals surface area contributed by atoms with Gasteiger partial charge in [0.15, 0.2) is 0 Å². The van der Waals surface area contributed by atoms with Gasteiger partial charge in [-0.05, 0) is 44.9 Å². The lowest BCUT2D eigenvalue weighted by Crippen LogP contribution is -2.41. The van der Waals surface area contributed by atoms with Crippen LogP contribution in [0.3, 0.4) is 0 Å². The molecule has 29 heavy (non-hydrogen) atoms. The quantitative estimate of drug-likeness (QED) is 0.773. The van der Waals surface area contributed by atoms with Crippen LogP contribution in [0.5, 0.6) is 0 Å². The second-order valence-electron chi connectivity index (χ2n) is 7.36. The van der Waals surface area contributed by atoms with Gasteiger partial charge in [-0.1, -0.05) is 12.1 Å². The molecule has 1 N–H and O–H groups in total. The average molecular weight is 421 g/mol. The summed E-state index contributed by atoms with van der Waals surface area (Å²) in [5.74, 6) is -0.135. The van der Waals surface area contributed by atoms with Crippen LogP contribution in [0.1, 0.15) is 28.9 Å². The summed E-state index contributed by atoms with van der Waals surface area (Å²) >= 11 is 0. The monoisotopic (exact) mass is 420 g/mol. The number of nitrogens with zero attached hydrogens (tertiary/aromatic N) is 3. The highest BCUT2D eigenvalue weighted by Crippen LogP contribution is 2.24. The van der Waals surface area contributed by atoms with E-state index in [0.717, 1.165) is 16.8 Å². The number of carbonyl (C=O) groups excluding carboxylic acids is 1. The molecule has 0 saturated carbocycles. The number of nitrogens with one attached hydrogen (secondary N) is 1. The third-order valence-electron chi connectivity index (χ3n) is 5.10. The van der Waals surface area contributed by atoms with Gasteiger partial charge in [-0.25, -0.2) is 8.42 Å². The van der Waals surface area contributed by atoms with Gasteiger partial charge < -0.3 is 10.1 Å². The fourth-order valence-corrected chi connectivity index (χ4v) is 5.26. The Labute approximate surface area is 171 Å². The standard InChI is InChI=1S/C20H28N4O4S/c1-14-5-6-15(2)18(13-14)21-19(25)7-8-24-17(4)20(16(3)22-24)29(26,27)23-9-11-28-12-10-23/h5-6,13H,7-12H2,1-4H3,(H,21,25). The van der Waals surface area contributed by atoms with Gasteiger partial charge in [-0.3, -0.25) is 9.48 Å². The molecule has 1 amide bonds. The minimum atomic E-state index is -3.63. The van der Waals surface area contributed by atoms with Crippen LogP contribution in [0.4, 0.5) is 5.69 Å². The highest BCUT2D eigenvalue weighted by atomic mass is 32.2. The van der Waals surface area contributed by atoms with E-state index in [1.165, 1.54) is 4.31 Å². The molecule has 0 bridgehead atoms. The van der Waals surface area contributed by atoms with Gasteiger partial charge in [0, 0.05) is 25.2 Å². The molecule has 1 aliphatic rings. The summed E-state index contributed by atoms with van der Waals surface area (Å²) in [4.78, 5) is 12.6. The first-order chi connectivity index (χ1) is 13.7. The van der Waals surface area contributed by atoms with Crippen LogP contribution >= 0.6 is 0 Å². The van der Waals surface area contributed by atoms with Crippen LogP contribution in [0.15, 0.2) is 23.1 Å². The smallest absolute Gasteiger partial charge is 0.246 e. The van der Waals surface area contributed by atoms with Crippen molar-refractivity contribution in [1.82, 2.24) is 14.1 Å². The van der Waals surface area contributed by atoms with Gasteiger partial charge in [-0.2, -0.15) is 9.40 Å². The third-order valence-corrected chi connectivity index (χ3v) is 7.25. The van der Waals surface area contributed by atoms with Gasteiger partial charge in [0.2, 0.25) is 15.9 Å². The number of ether oxygens (including phenoxy) is 1. The minimum Gasteiger partial charge on any atom is -0.379 e. The normalized spacial score (nSPS) is 15.4. The Morgan fingerprint density at radius 3 is 2.55 bits per heavy atom. The summed E-state index contributed by atoms with van der Waals surface area (Å²) in [5, 5.41) is 7.31. The number of aromatic nitrogens is 2. The molecule has 0 unspecified atom stereocenters. The fraction of sp³-hybridized carbons (Fsp3) is 0.500. The van der Waals surface area contributed by atoms with Crippen LogP contribution in [0.25, 0.3) is 0 Å². The molecule has 8 nitrogen and oxygen atoms in total. The van der Waals surface area contributed by atoms with E-state index in [-0.39, 0.29) is 17.2 Å². The van der Waals surface area contributed by atoms with Crippen LogP contribution in [0.2, 0.25) is 0 Å². The van der Waals surface area contributed by atoms with E-state index in [9.17, 15) is 13.2 Å². The lowest BCUT2D eigenvalue weighted by atomic mass is 10.1. The maximum Gasteiger partial charge on any atom is 0.246 e. The molecule has 1 aromatic carbocycles. The first kappa shape index (κ1) is 21.5. The van der Waals surface area contributed by atoms with E-state index < -0.39 is 10.0 Å². The van der Waals surface area contributed by atoms with Crippen molar-refractivity contribution in [2.45, 2.75) is 45.6 Å². The van der Waals surface area contributed by atoms with Crippen LogP contribution in [-0.4, -0.2) is 54.7 Å². The fourth-order valence-electron chi connectivity index (χ4n) is 3.48. The Hall–Kier alpha value is -2.23. The van der Waals surface area contributed by atoms with Gasteiger partial charge in [0.25, 0.3) is 0 Å². The lowest BCUT2D eigenvalue weighted by molar-refractivity contribution is -0.116. The number of hydrogen-bond acceptors (Lipinski definition) is 5. The Bertz CT molecular complexity index is 1010. The maximum absolute atomic E-state index is 13.0. The Balaban J connectivity index is 1.71. The van der Waals surface area contributed by atoms with Crippen molar-refractivity contribution in [3.8, 4) is 0 Å². The number of hydrogen-bond donors (Lipinski definition) is 1. The van der Waals surface area contributed by atoms with E-state index >= 15 is 0 Å². The molecule has 9 heteroatoms. The molecular formula is C20H28N4O4S.